The fourth-order valence-electron chi connectivity index (χ4n) is 1.64. The minimum Gasteiger partial charge on any atom is -0.436 e. The molecule has 0 radical (unpaired) electrons. The zero-order valence-electron chi connectivity index (χ0n) is 12.1. The quantitative estimate of drug-likeness (QED) is 0.909. The Hall–Kier alpha value is -2.17. The van der Waals surface area contributed by atoms with Crippen LogP contribution in [0.2, 0.25) is 0 Å². The number of ether oxygens (including phenoxy) is 1. The monoisotopic (exact) mass is 275 g/mol. The summed E-state index contributed by atoms with van der Waals surface area (Å²) < 4.78 is 19.4. The largest absolute Gasteiger partial charge is 0.436 e. The van der Waals surface area contributed by atoms with Crippen molar-refractivity contribution in [3.63, 3.8) is 0 Å². The van der Waals surface area contributed by atoms with Crippen LogP contribution >= 0.6 is 0 Å². The lowest BCUT2D eigenvalue weighted by molar-refractivity contribution is 0.416. The number of nitrogens with zero attached hydrogens (tertiary/aromatic N) is 2. The molecule has 2 aromatic rings. The fraction of sp³-hybridized carbons (Fsp3) is 0.333. The lowest BCUT2D eigenvalue weighted by Gasteiger charge is -2.17. The molecule has 1 heterocycles. The number of hydrogen-bond acceptors (Lipinski definition) is 4. The zero-order valence-corrected chi connectivity index (χ0v) is 12.1. The van der Waals surface area contributed by atoms with E-state index in [0.717, 1.165) is 0 Å². The molecule has 0 aliphatic heterocycles. The van der Waals surface area contributed by atoms with Gasteiger partial charge in [0.25, 0.3) is 0 Å². The minimum atomic E-state index is -0.401. The topological polar surface area (TPSA) is 61.0 Å². The molecule has 2 rings (SSSR count). The molecule has 0 saturated heterocycles. The maximum absolute atomic E-state index is 13.9. The van der Waals surface area contributed by atoms with Gasteiger partial charge in [0.15, 0.2) is 11.6 Å². The highest BCUT2D eigenvalue weighted by Gasteiger charge is 2.19. The molecule has 1 aromatic heterocycles. The average molecular weight is 275 g/mol. The number of aromatic nitrogens is 2. The number of anilines is 1. The van der Waals surface area contributed by atoms with E-state index in [4.69, 9.17) is 10.5 Å². The second-order valence-corrected chi connectivity index (χ2v) is 5.69. The summed E-state index contributed by atoms with van der Waals surface area (Å²) in [7, 11) is 0. The van der Waals surface area contributed by atoms with Gasteiger partial charge in [0.1, 0.15) is 11.6 Å². The summed E-state index contributed by atoms with van der Waals surface area (Å²) in [5.74, 6) is 0.824. The van der Waals surface area contributed by atoms with E-state index in [1.165, 1.54) is 6.07 Å². The third-order valence-corrected chi connectivity index (χ3v) is 2.76. The highest BCUT2D eigenvalue weighted by molar-refractivity contribution is 5.38. The van der Waals surface area contributed by atoms with Crippen LogP contribution in [-0.2, 0) is 5.41 Å². The first kappa shape index (κ1) is 14.2. The van der Waals surface area contributed by atoms with Crippen molar-refractivity contribution < 1.29 is 9.13 Å². The number of nitrogens with two attached hydrogens (primary N) is 1. The van der Waals surface area contributed by atoms with Gasteiger partial charge >= 0.3 is 0 Å². The fourth-order valence-corrected chi connectivity index (χ4v) is 1.64. The summed E-state index contributed by atoms with van der Waals surface area (Å²) in [5, 5.41) is 0. The molecule has 0 bridgehead atoms. The Labute approximate surface area is 117 Å². The number of rotatable bonds is 2. The first-order chi connectivity index (χ1) is 9.27. The third-order valence-electron chi connectivity index (χ3n) is 2.76. The van der Waals surface area contributed by atoms with E-state index < -0.39 is 5.82 Å². The molecule has 0 atom stereocenters. The van der Waals surface area contributed by atoms with Crippen LogP contribution < -0.4 is 10.5 Å². The molecule has 0 amide bonds. The average Bonchev–Trinajstić information content (AvgIpc) is 2.33. The van der Waals surface area contributed by atoms with Gasteiger partial charge in [-0.05, 0) is 18.6 Å². The first-order valence-electron chi connectivity index (χ1n) is 6.35. The van der Waals surface area contributed by atoms with Crippen LogP contribution in [0.25, 0.3) is 0 Å². The van der Waals surface area contributed by atoms with Gasteiger partial charge in [-0.3, -0.25) is 0 Å². The molecule has 5 heteroatoms. The van der Waals surface area contributed by atoms with Gasteiger partial charge in [0.2, 0.25) is 5.88 Å². The number of aryl methyl sites for hydroxylation is 1. The summed E-state index contributed by atoms with van der Waals surface area (Å²) >= 11 is 0. The van der Waals surface area contributed by atoms with Crippen molar-refractivity contribution in [3.05, 3.63) is 41.5 Å². The summed E-state index contributed by atoms with van der Waals surface area (Å²) in [5.41, 5.74) is 6.00. The van der Waals surface area contributed by atoms with Crippen molar-refractivity contribution in [2.24, 2.45) is 0 Å². The summed E-state index contributed by atoms with van der Waals surface area (Å²) in [4.78, 5) is 8.47. The highest BCUT2D eigenvalue weighted by Crippen LogP contribution is 2.28. The Bertz CT molecular complexity index is 636. The molecule has 20 heavy (non-hydrogen) atoms. The van der Waals surface area contributed by atoms with E-state index in [1.54, 1.807) is 25.1 Å². The highest BCUT2D eigenvalue weighted by atomic mass is 19.1. The van der Waals surface area contributed by atoms with E-state index in [2.05, 4.69) is 9.97 Å². The second-order valence-electron chi connectivity index (χ2n) is 5.69. The molecule has 106 valence electrons. The second kappa shape index (κ2) is 5.07. The molecule has 0 unspecified atom stereocenters. The molecule has 4 nitrogen and oxygen atoms in total. The van der Waals surface area contributed by atoms with Crippen molar-refractivity contribution in [1.29, 1.82) is 0 Å². The molecule has 0 fully saturated rings. The van der Waals surface area contributed by atoms with Gasteiger partial charge in [-0.15, -0.1) is 0 Å². The van der Waals surface area contributed by atoms with Crippen LogP contribution in [0.15, 0.2) is 24.3 Å². The summed E-state index contributed by atoms with van der Waals surface area (Å²) in [6.07, 6.45) is 0. The van der Waals surface area contributed by atoms with Crippen LogP contribution in [0.4, 0.5) is 10.2 Å². The van der Waals surface area contributed by atoms with E-state index >= 15 is 0 Å². The molecule has 0 aliphatic rings. The molecular formula is C15H18FN3O. The van der Waals surface area contributed by atoms with E-state index in [9.17, 15) is 4.39 Å². The lowest BCUT2D eigenvalue weighted by Crippen LogP contribution is -2.17. The predicted octanol–water partition coefficient (Wildman–Crippen LogP) is 3.60. The lowest BCUT2D eigenvalue weighted by atomic mass is 9.96. The van der Waals surface area contributed by atoms with Crippen LogP contribution in [0, 0.1) is 12.7 Å². The van der Waals surface area contributed by atoms with E-state index in [1.807, 2.05) is 20.8 Å². The Balaban J connectivity index is 2.39. The first-order valence-corrected chi connectivity index (χ1v) is 6.35. The molecule has 2 N–H and O–H groups in total. The minimum absolute atomic E-state index is 0.128. The number of benzene rings is 1. The van der Waals surface area contributed by atoms with Crippen LogP contribution in [0.5, 0.6) is 11.6 Å². The Morgan fingerprint density at radius 1 is 1.20 bits per heavy atom. The zero-order chi connectivity index (χ0) is 14.9. The van der Waals surface area contributed by atoms with Gasteiger partial charge in [-0.1, -0.05) is 32.9 Å². The van der Waals surface area contributed by atoms with Crippen LogP contribution in [-0.4, -0.2) is 9.97 Å². The Morgan fingerprint density at radius 3 is 2.55 bits per heavy atom. The maximum Gasteiger partial charge on any atom is 0.224 e. The van der Waals surface area contributed by atoms with Gasteiger partial charge in [0.05, 0.1) is 0 Å². The number of hydrogen-bond donors (Lipinski definition) is 1. The van der Waals surface area contributed by atoms with Crippen molar-refractivity contribution in [3.8, 4) is 11.6 Å². The molecule has 0 aliphatic carbocycles. The smallest absolute Gasteiger partial charge is 0.224 e. The van der Waals surface area contributed by atoms with Gasteiger partial charge < -0.3 is 10.5 Å². The van der Waals surface area contributed by atoms with Crippen LogP contribution in [0.3, 0.4) is 0 Å². The summed E-state index contributed by atoms with van der Waals surface area (Å²) in [6.45, 7) is 7.59. The van der Waals surface area contributed by atoms with Gasteiger partial charge in [-0.2, -0.15) is 4.98 Å². The Kier molecular flexibility index (Phi) is 3.61. The van der Waals surface area contributed by atoms with Crippen LogP contribution in [0.1, 0.15) is 32.2 Å². The van der Waals surface area contributed by atoms with Crippen molar-refractivity contribution in [2.45, 2.75) is 33.1 Å². The molecular weight excluding hydrogens is 257 g/mol. The third kappa shape index (κ3) is 3.04. The predicted molar refractivity (Wildman–Crippen MR) is 76.4 cm³/mol. The molecule has 1 aromatic carbocycles. The van der Waals surface area contributed by atoms with Gasteiger partial charge in [-0.25, -0.2) is 9.37 Å². The van der Waals surface area contributed by atoms with E-state index in [0.29, 0.717) is 17.2 Å². The van der Waals surface area contributed by atoms with Crippen molar-refractivity contribution >= 4 is 5.82 Å². The van der Waals surface area contributed by atoms with E-state index in [-0.39, 0.29) is 17.0 Å². The van der Waals surface area contributed by atoms with Crippen molar-refractivity contribution in [1.82, 2.24) is 9.97 Å². The summed E-state index contributed by atoms with van der Waals surface area (Å²) in [6, 6.07) is 6.44. The number of halogens is 1. The van der Waals surface area contributed by atoms with Crippen molar-refractivity contribution in [2.75, 3.05) is 5.73 Å². The molecule has 0 spiro atoms. The SMILES string of the molecule is Cc1cccc(Oc2cc(N)nc(C(C)(C)C)n2)c1F. The number of nitrogen functional groups attached to an aromatic ring is 1. The Morgan fingerprint density at radius 2 is 1.90 bits per heavy atom. The normalized spacial score (nSPS) is 11.4. The molecule has 0 saturated carbocycles. The van der Waals surface area contributed by atoms with Gasteiger partial charge in [0, 0.05) is 11.5 Å². The maximum atomic E-state index is 13.9. The standard InChI is InChI=1S/C15H18FN3O/c1-9-6-5-7-10(13(9)16)20-12-8-11(17)18-14(19-12)15(2,3)4/h5-8H,1-4H3,(H2,17,18,19).